The van der Waals surface area contributed by atoms with Crippen molar-refractivity contribution in [3.05, 3.63) is 95.4 Å². The Labute approximate surface area is 143 Å². The third-order valence-corrected chi connectivity index (χ3v) is 4.07. The maximum absolute atomic E-state index is 5.62. The third kappa shape index (κ3) is 4.57. The molecule has 3 aromatic rings. The molecule has 124 valence electrons. The van der Waals surface area contributed by atoms with Crippen LogP contribution in [0.3, 0.4) is 0 Å². The third-order valence-electron chi connectivity index (χ3n) is 4.07. The number of hydrogen-bond acceptors (Lipinski definition) is 3. The Morgan fingerprint density at radius 3 is 1.92 bits per heavy atom. The van der Waals surface area contributed by atoms with Crippen LogP contribution in [0.5, 0.6) is 0 Å². The summed E-state index contributed by atoms with van der Waals surface area (Å²) in [6.45, 7) is 3.46. The lowest BCUT2D eigenvalue weighted by molar-refractivity contribution is 0.245. The van der Waals surface area contributed by atoms with Crippen LogP contribution in [0.4, 0.5) is 0 Å². The van der Waals surface area contributed by atoms with Crippen molar-refractivity contribution < 1.29 is 4.42 Å². The second-order valence-corrected chi connectivity index (χ2v) is 6.02. The largest absolute Gasteiger partial charge is 0.468 e. The Kier molecular flexibility index (Phi) is 5.83. The van der Waals surface area contributed by atoms with Crippen LogP contribution in [0.25, 0.3) is 0 Å². The summed E-state index contributed by atoms with van der Waals surface area (Å²) in [6.07, 6.45) is 1.78. The van der Waals surface area contributed by atoms with Crippen molar-refractivity contribution in [1.82, 2.24) is 10.2 Å². The molecule has 0 fully saturated rings. The van der Waals surface area contributed by atoms with Crippen molar-refractivity contribution >= 4 is 0 Å². The molecule has 3 rings (SSSR count). The number of furan rings is 1. The molecule has 0 spiro atoms. The summed E-state index contributed by atoms with van der Waals surface area (Å²) in [4.78, 5) is 2.45. The van der Waals surface area contributed by atoms with Gasteiger partial charge in [0.25, 0.3) is 0 Å². The normalized spacial score (nSPS) is 11.1. The van der Waals surface area contributed by atoms with Gasteiger partial charge in [-0.25, -0.2) is 0 Å². The first-order valence-electron chi connectivity index (χ1n) is 8.35. The average molecular weight is 320 g/mol. The van der Waals surface area contributed by atoms with Gasteiger partial charge in [0.05, 0.1) is 12.8 Å². The quantitative estimate of drug-likeness (QED) is 0.674. The molecule has 2 aromatic carbocycles. The van der Waals surface area contributed by atoms with E-state index < -0.39 is 0 Å². The molecular formula is C21H24N2O. The van der Waals surface area contributed by atoms with Crippen LogP contribution in [0.15, 0.2) is 77.4 Å². The first-order valence-corrected chi connectivity index (χ1v) is 8.35. The van der Waals surface area contributed by atoms with Crippen molar-refractivity contribution in [2.24, 2.45) is 0 Å². The number of nitrogens with zero attached hydrogens (tertiary/aromatic N) is 1. The molecular weight excluding hydrogens is 296 g/mol. The second kappa shape index (κ2) is 8.48. The van der Waals surface area contributed by atoms with Crippen molar-refractivity contribution in [3.63, 3.8) is 0 Å². The van der Waals surface area contributed by atoms with E-state index >= 15 is 0 Å². The smallest absolute Gasteiger partial charge is 0.122 e. The van der Waals surface area contributed by atoms with Crippen LogP contribution >= 0.6 is 0 Å². The van der Waals surface area contributed by atoms with E-state index in [1.807, 2.05) is 7.05 Å². The highest BCUT2D eigenvalue weighted by Gasteiger charge is 2.12. The topological polar surface area (TPSA) is 28.4 Å². The maximum atomic E-state index is 5.62. The van der Waals surface area contributed by atoms with Gasteiger partial charge in [-0.05, 0) is 24.2 Å². The van der Waals surface area contributed by atoms with Gasteiger partial charge >= 0.3 is 0 Å². The first kappa shape index (κ1) is 16.5. The van der Waals surface area contributed by atoms with E-state index in [1.54, 1.807) is 6.26 Å². The predicted molar refractivity (Wildman–Crippen MR) is 97.3 cm³/mol. The molecule has 3 heteroatoms. The number of rotatable bonds is 8. The van der Waals surface area contributed by atoms with E-state index in [0.29, 0.717) is 0 Å². The lowest BCUT2D eigenvalue weighted by Gasteiger charge is -2.22. The van der Waals surface area contributed by atoms with Gasteiger partial charge in [-0.15, -0.1) is 0 Å². The average Bonchev–Trinajstić information content (AvgIpc) is 3.04. The fourth-order valence-corrected chi connectivity index (χ4v) is 2.92. The van der Waals surface area contributed by atoms with Gasteiger partial charge in [-0.2, -0.15) is 0 Å². The fraction of sp³-hybridized carbons (Fsp3) is 0.238. The molecule has 0 aliphatic heterocycles. The highest BCUT2D eigenvalue weighted by molar-refractivity contribution is 5.20. The highest BCUT2D eigenvalue weighted by atomic mass is 16.3. The minimum Gasteiger partial charge on any atom is -0.468 e. The molecule has 0 unspecified atom stereocenters. The van der Waals surface area contributed by atoms with Crippen LogP contribution in [-0.2, 0) is 26.2 Å². The molecule has 1 heterocycles. The number of hydrogen-bond donors (Lipinski definition) is 1. The molecule has 0 radical (unpaired) electrons. The Balaban J connectivity index is 1.77. The standard InChI is InChI=1S/C21H24N2O/c1-22-14-21-20(12-13-24-21)17-23(15-18-8-4-2-5-9-18)16-19-10-6-3-7-11-19/h2-13,22H,14-17H2,1H3. The monoisotopic (exact) mass is 320 g/mol. The summed E-state index contributed by atoms with van der Waals surface area (Å²) in [5, 5.41) is 3.17. The molecule has 0 saturated heterocycles. The second-order valence-electron chi connectivity index (χ2n) is 6.02. The Morgan fingerprint density at radius 2 is 1.38 bits per heavy atom. The summed E-state index contributed by atoms with van der Waals surface area (Å²) in [6, 6.07) is 23.3. The maximum Gasteiger partial charge on any atom is 0.122 e. The number of benzene rings is 2. The highest BCUT2D eigenvalue weighted by Crippen LogP contribution is 2.17. The van der Waals surface area contributed by atoms with Crippen LogP contribution in [0.1, 0.15) is 22.5 Å². The number of nitrogens with one attached hydrogen (secondary N) is 1. The van der Waals surface area contributed by atoms with Gasteiger partial charge in [0.1, 0.15) is 5.76 Å². The van der Waals surface area contributed by atoms with Gasteiger partial charge in [-0.1, -0.05) is 60.7 Å². The van der Waals surface area contributed by atoms with Crippen molar-refractivity contribution in [3.8, 4) is 0 Å². The SMILES string of the molecule is CNCc1occc1CN(Cc1ccccc1)Cc1ccccc1. The van der Waals surface area contributed by atoms with Gasteiger partial charge < -0.3 is 9.73 Å². The molecule has 3 nitrogen and oxygen atoms in total. The molecule has 24 heavy (non-hydrogen) atoms. The Hall–Kier alpha value is -2.36. The van der Waals surface area contributed by atoms with E-state index in [2.05, 4.69) is 76.9 Å². The van der Waals surface area contributed by atoms with Gasteiger partial charge in [0, 0.05) is 25.2 Å². The van der Waals surface area contributed by atoms with Crippen LogP contribution in [0, 0.1) is 0 Å². The summed E-state index contributed by atoms with van der Waals surface area (Å²) in [5.41, 5.74) is 3.90. The van der Waals surface area contributed by atoms with E-state index in [-0.39, 0.29) is 0 Å². The van der Waals surface area contributed by atoms with Crippen molar-refractivity contribution in [2.75, 3.05) is 7.05 Å². The van der Waals surface area contributed by atoms with Gasteiger partial charge in [-0.3, -0.25) is 4.90 Å². The Morgan fingerprint density at radius 1 is 0.792 bits per heavy atom. The summed E-state index contributed by atoms with van der Waals surface area (Å²) in [5.74, 6) is 1.02. The molecule has 1 N–H and O–H groups in total. The van der Waals surface area contributed by atoms with Gasteiger partial charge in [0.2, 0.25) is 0 Å². The first-order chi connectivity index (χ1) is 11.8. The lowest BCUT2D eigenvalue weighted by Crippen LogP contribution is -2.23. The van der Waals surface area contributed by atoms with Crippen molar-refractivity contribution in [1.29, 1.82) is 0 Å². The van der Waals surface area contributed by atoms with Crippen molar-refractivity contribution in [2.45, 2.75) is 26.2 Å². The van der Waals surface area contributed by atoms with E-state index in [9.17, 15) is 0 Å². The van der Waals surface area contributed by atoms with E-state index in [0.717, 1.165) is 31.9 Å². The molecule has 0 saturated carbocycles. The van der Waals surface area contributed by atoms with Crippen LogP contribution in [0.2, 0.25) is 0 Å². The van der Waals surface area contributed by atoms with E-state index in [4.69, 9.17) is 4.42 Å². The lowest BCUT2D eigenvalue weighted by atomic mass is 10.1. The van der Waals surface area contributed by atoms with E-state index in [1.165, 1.54) is 16.7 Å². The summed E-state index contributed by atoms with van der Waals surface area (Å²) in [7, 11) is 1.94. The summed E-state index contributed by atoms with van der Waals surface area (Å²) < 4.78 is 5.62. The zero-order valence-corrected chi connectivity index (χ0v) is 14.1. The minimum absolute atomic E-state index is 0.757. The van der Waals surface area contributed by atoms with Crippen LogP contribution < -0.4 is 5.32 Å². The predicted octanol–water partition coefficient (Wildman–Crippen LogP) is 4.20. The molecule has 0 aliphatic rings. The fourth-order valence-electron chi connectivity index (χ4n) is 2.92. The molecule has 0 amide bonds. The Bertz CT molecular complexity index is 680. The van der Waals surface area contributed by atoms with Crippen LogP contribution in [-0.4, -0.2) is 11.9 Å². The molecule has 0 bridgehead atoms. The summed E-state index contributed by atoms with van der Waals surface area (Å²) >= 11 is 0. The zero-order chi connectivity index (χ0) is 16.6. The minimum atomic E-state index is 0.757. The molecule has 0 aliphatic carbocycles. The van der Waals surface area contributed by atoms with Gasteiger partial charge in [0.15, 0.2) is 0 Å². The zero-order valence-electron chi connectivity index (χ0n) is 14.1. The molecule has 1 aromatic heterocycles. The molecule has 0 atom stereocenters.